The van der Waals surface area contributed by atoms with Crippen LogP contribution < -0.4 is 20.1 Å². The second kappa shape index (κ2) is 11.7. The Kier molecular flexibility index (Phi) is 7.99. The number of halogens is 4. The van der Waals surface area contributed by atoms with E-state index in [1.165, 1.54) is 25.3 Å². The number of hydrogen-bond acceptors (Lipinski definition) is 9. The lowest BCUT2D eigenvalue weighted by atomic mass is 10.0. The zero-order valence-electron chi connectivity index (χ0n) is 23.1. The fourth-order valence-electron chi connectivity index (χ4n) is 5.29. The molecule has 2 aliphatic heterocycles. The van der Waals surface area contributed by atoms with Crippen LogP contribution >= 0.6 is 11.6 Å². The lowest BCUT2D eigenvalue weighted by Gasteiger charge is -2.23. The quantitative estimate of drug-likeness (QED) is 0.228. The van der Waals surface area contributed by atoms with Crippen LogP contribution in [0.1, 0.15) is 31.4 Å². The number of rotatable bonds is 7. The number of carbonyl (C=O) groups is 1. The van der Waals surface area contributed by atoms with Crippen LogP contribution in [0.15, 0.2) is 47.5 Å². The van der Waals surface area contributed by atoms with E-state index < -0.39 is 55.7 Å². The summed E-state index contributed by atoms with van der Waals surface area (Å²) in [6, 6.07) is 6.62. The van der Waals surface area contributed by atoms with E-state index in [4.69, 9.17) is 21.1 Å². The van der Waals surface area contributed by atoms with Crippen molar-refractivity contribution in [3.63, 3.8) is 0 Å². The number of carbonyl (C=O) groups excluding carboxylic acids is 1. The fourth-order valence-corrected chi connectivity index (χ4v) is 6.84. The molecule has 4 aromatic rings. The van der Waals surface area contributed by atoms with E-state index in [0.717, 1.165) is 50.2 Å². The number of esters is 1. The molecule has 3 aromatic carbocycles. The van der Waals surface area contributed by atoms with Crippen molar-refractivity contribution in [2.45, 2.75) is 36.8 Å². The molecule has 1 atom stereocenters. The molecule has 1 aromatic heterocycles. The highest BCUT2D eigenvalue weighted by atomic mass is 35.5. The molecule has 1 saturated heterocycles. The van der Waals surface area contributed by atoms with Crippen molar-refractivity contribution in [1.82, 2.24) is 15.3 Å². The summed E-state index contributed by atoms with van der Waals surface area (Å²) < 4.78 is 85.8. The van der Waals surface area contributed by atoms with Crippen molar-refractivity contribution in [3.05, 3.63) is 70.6 Å². The minimum Gasteiger partial charge on any atom is -0.487 e. The molecule has 230 valence electrons. The van der Waals surface area contributed by atoms with Crippen LogP contribution in [0, 0.1) is 17.5 Å². The second-order valence-electron chi connectivity index (χ2n) is 10.4. The summed E-state index contributed by atoms with van der Waals surface area (Å²) in [6.45, 7) is 2.71. The van der Waals surface area contributed by atoms with Gasteiger partial charge in [0.05, 0.1) is 11.3 Å². The predicted molar refractivity (Wildman–Crippen MR) is 157 cm³/mol. The zero-order chi connectivity index (χ0) is 31.2. The number of benzene rings is 3. The third-order valence-electron chi connectivity index (χ3n) is 7.31. The second-order valence-corrected chi connectivity index (χ2v) is 12.5. The number of nitrogens with one attached hydrogen (secondary N) is 3. The van der Waals surface area contributed by atoms with Gasteiger partial charge in [0.2, 0.25) is 5.95 Å². The van der Waals surface area contributed by atoms with E-state index in [0.29, 0.717) is 0 Å². The number of piperidine rings is 1. The summed E-state index contributed by atoms with van der Waals surface area (Å²) in [7, 11) is -4.57. The molecule has 6 rings (SSSR count). The number of nitrogens with zero attached hydrogens (tertiary/aromatic N) is 2. The van der Waals surface area contributed by atoms with E-state index in [9.17, 15) is 13.2 Å². The molecule has 0 spiro atoms. The number of anilines is 2. The molecule has 2 aliphatic rings. The number of hydrogen-bond donors (Lipinski definition) is 3. The van der Waals surface area contributed by atoms with Gasteiger partial charge < -0.3 is 20.1 Å². The van der Waals surface area contributed by atoms with E-state index >= 15 is 13.2 Å². The average molecular weight is 648 g/mol. The number of fused-ring (bicyclic) bond motifs is 2. The van der Waals surface area contributed by atoms with Crippen LogP contribution in [0.5, 0.6) is 5.75 Å². The van der Waals surface area contributed by atoms with Crippen molar-refractivity contribution >= 4 is 50.1 Å². The predicted octanol–water partition coefficient (Wildman–Crippen LogP) is 5.33. The highest BCUT2D eigenvalue weighted by molar-refractivity contribution is 7.92. The first kappa shape index (κ1) is 29.9. The van der Waals surface area contributed by atoms with Gasteiger partial charge in [0.1, 0.15) is 34.4 Å². The summed E-state index contributed by atoms with van der Waals surface area (Å²) in [5.41, 5.74) is -1.28. The molecule has 0 radical (unpaired) electrons. The van der Waals surface area contributed by atoms with E-state index in [1.54, 1.807) is 0 Å². The maximum atomic E-state index is 15.8. The summed E-state index contributed by atoms with van der Waals surface area (Å²) in [4.78, 5) is 19.5. The lowest BCUT2D eigenvalue weighted by molar-refractivity contribution is -0.147. The largest absolute Gasteiger partial charge is 0.487 e. The van der Waals surface area contributed by atoms with Crippen LogP contribution in [0.2, 0.25) is 5.02 Å². The highest BCUT2D eigenvalue weighted by Crippen LogP contribution is 2.43. The molecular formula is C29H25ClF3N5O5S. The standard InChI is InChI=1S/C29H25ClF3N5O5S/c1-14(39)43-23-13-42-28-19(23)10-17(30)11-24(28)44(40,41)38-22-3-2-20(31)25(26(22)33)15-8-16-12-35-29(37-27(16)21(32)9-15)36-18-4-6-34-7-5-18/h2-3,8-12,18,23,34,38H,4-7,13H2,1H3,(H,35,36,37)/t23-/m0/s1. The molecule has 0 bridgehead atoms. The molecule has 15 heteroatoms. The Morgan fingerprint density at radius 1 is 1.11 bits per heavy atom. The fraction of sp³-hybridized carbons (Fsp3) is 0.276. The molecular weight excluding hydrogens is 623 g/mol. The van der Waals surface area contributed by atoms with Crippen LogP contribution in [0.25, 0.3) is 22.0 Å². The Hall–Kier alpha value is -4.14. The molecule has 1 fully saturated rings. The molecule has 0 amide bonds. The van der Waals surface area contributed by atoms with Gasteiger partial charge in [-0.1, -0.05) is 11.6 Å². The first-order valence-corrected chi connectivity index (χ1v) is 15.4. The molecule has 3 heterocycles. The first-order valence-electron chi connectivity index (χ1n) is 13.6. The smallest absolute Gasteiger partial charge is 0.303 e. The number of aromatic nitrogens is 2. The van der Waals surface area contributed by atoms with Crippen molar-refractivity contribution in [1.29, 1.82) is 0 Å². The van der Waals surface area contributed by atoms with Gasteiger partial charge in [0, 0.05) is 35.1 Å². The lowest BCUT2D eigenvalue weighted by Crippen LogP contribution is -2.35. The van der Waals surface area contributed by atoms with E-state index in [2.05, 4.69) is 25.3 Å². The maximum absolute atomic E-state index is 15.8. The Morgan fingerprint density at radius 3 is 2.64 bits per heavy atom. The Balaban J connectivity index is 1.33. The third kappa shape index (κ3) is 5.84. The third-order valence-corrected chi connectivity index (χ3v) is 8.89. The van der Waals surface area contributed by atoms with Gasteiger partial charge in [0.15, 0.2) is 11.9 Å². The zero-order valence-corrected chi connectivity index (χ0v) is 24.7. The first-order chi connectivity index (χ1) is 21.0. The monoisotopic (exact) mass is 647 g/mol. The Morgan fingerprint density at radius 2 is 1.89 bits per heavy atom. The molecule has 3 N–H and O–H groups in total. The number of sulfonamides is 1. The summed E-state index contributed by atoms with van der Waals surface area (Å²) in [5.74, 6) is -3.67. The van der Waals surface area contributed by atoms with Crippen LogP contribution in [-0.2, 0) is 19.6 Å². The van der Waals surface area contributed by atoms with Gasteiger partial charge >= 0.3 is 5.97 Å². The van der Waals surface area contributed by atoms with Gasteiger partial charge in [0.25, 0.3) is 10.0 Å². The van der Waals surface area contributed by atoms with Gasteiger partial charge in [-0.3, -0.25) is 9.52 Å². The van der Waals surface area contributed by atoms with Gasteiger partial charge in [-0.2, -0.15) is 0 Å². The van der Waals surface area contributed by atoms with Crippen molar-refractivity contribution in [2.24, 2.45) is 0 Å². The van der Waals surface area contributed by atoms with Crippen LogP contribution in [0.3, 0.4) is 0 Å². The maximum Gasteiger partial charge on any atom is 0.303 e. The summed E-state index contributed by atoms with van der Waals surface area (Å²) in [6.07, 6.45) is 2.16. The van der Waals surface area contributed by atoms with E-state index in [1.807, 2.05) is 0 Å². The van der Waals surface area contributed by atoms with Crippen LogP contribution in [0.4, 0.5) is 24.8 Å². The molecule has 10 nitrogen and oxygen atoms in total. The SMILES string of the molecule is CC(=O)O[C@H]1COc2c1cc(Cl)cc2S(=O)(=O)Nc1ccc(F)c(-c2cc(F)c3nc(NC4CCNCC4)ncc3c2)c1F. The molecule has 0 unspecified atom stereocenters. The molecule has 0 saturated carbocycles. The average Bonchev–Trinajstić information content (AvgIpc) is 3.36. The van der Waals surface area contributed by atoms with Gasteiger partial charge in [-0.15, -0.1) is 0 Å². The summed E-state index contributed by atoms with van der Waals surface area (Å²) in [5, 5.41) is 6.62. The normalized spacial score (nSPS) is 16.8. The molecule has 44 heavy (non-hydrogen) atoms. The van der Waals surface area contributed by atoms with Crippen molar-refractivity contribution in [3.8, 4) is 16.9 Å². The summed E-state index contributed by atoms with van der Waals surface area (Å²) >= 11 is 6.15. The topological polar surface area (TPSA) is 132 Å². The highest BCUT2D eigenvalue weighted by Gasteiger charge is 2.34. The Bertz CT molecular complexity index is 1910. The van der Waals surface area contributed by atoms with Crippen molar-refractivity contribution in [2.75, 3.05) is 29.7 Å². The number of ether oxygens (including phenoxy) is 2. The van der Waals surface area contributed by atoms with Gasteiger partial charge in [-0.25, -0.2) is 31.6 Å². The minimum absolute atomic E-state index is 0.00462. The Labute approximate surface area is 255 Å². The minimum atomic E-state index is -4.57. The van der Waals surface area contributed by atoms with Crippen LogP contribution in [-0.4, -0.2) is 50.1 Å². The molecule has 0 aliphatic carbocycles. The van der Waals surface area contributed by atoms with Crippen molar-refractivity contribution < 1.29 is 35.9 Å². The van der Waals surface area contributed by atoms with E-state index in [-0.39, 0.29) is 51.4 Å². The van der Waals surface area contributed by atoms with Gasteiger partial charge in [-0.05, 0) is 67.9 Å².